The van der Waals surface area contributed by atoms with Crippen molar-refractivity contribution < 1.29 is 0 Å². The molecule has 0 aromatic carbocycles. The zero-order valence-electron chi connectivity index (χ0n) is 15.3. The van der Waals surface area contributed by atoms with E-state index in [1.54, 1.807) is 0 Å². The van der Waals surface area contributed by atoms with Gasteiger partial charge in [0.25, 0.3) is 0 Å². The number of nitrogens with one attached hydrogen (secondary N) is 1. The molecular weight excluding hydrogens is 256 g/mol. The van der Waals surface area contributed by atoms with Gasteiger partial charge in [-0.2, -0.15) is 0 Å². The molecule has 2 rings (SSSR count). The van der Waals surface area contributed by atoms with E-state index in [0.717, 1.165) is 17.9 Å². The third kappa shape index (κ3) is 3.82. The summed E-state index contributed by atoms with van der Waals surface area (Å²) < 4.78 is 0. The van der Waals surface area contributed by atoms with E-state index >= 15 is 0 Å². The monoisotopic (exact) mass is 294 g/mol. The molecule has 0 spiro atoms. The number of hydrogen-bond donors (Lipinski definition) is 1. The molecule has 0 saturated carbocycles. The minimum absolute atomic E-state index is 0.462. The van der Waals surface area contributed by atoms with Crippen molar-refractivity contribution in [2.45, 2.75) is 72.8 Å². The van der Waals surface area contributed by atoms with Crippen LogP contribution in [0.2, 0.25) is 0 Å². The van der Waals surface area contributed by atoms with Gasteiger partial charge < -0.3 is 10.2 Å². The molecule has 3 unspecified atom stereocenters. The van der Waals surface area contributed by atoms with Crippen LogP contribution in [0.25, 0.3) is 0 Å². The average Bonchev–Trinajstić information content (AvgIpc) is 2.81. The summed E-state index contributed by atoms with van der Waals surface area (Å²) in [6.45, 7) is 15.9. The molecule has 2 heteroatoms. The summed E-state index contributed by atoms with van der Waals surface area (Å²) >= 11 is 0. The Morgan fingerprint density at radius 1 is 1.24 bits per heavy atom. The fourth-order valence-corrected chi connectivity index (χ4v) is 4.76. The highest BCUT2D eigenvalue weighted by Crippen LogP contribution is 2.45. The maximum Gasteiger partial charge on any atom is 0.00983 e. The molecule has 0 aromatic heterocycles. The molecular formula is C19H38N2. The van der Waals surface area contributed by atoms with E-state index < -0.39 is 0 Å². The molecule has 2 heterocycles. The Balaban J connectivity index is 1.97. The SMILES string of the molecule is CCC1(C(C)CC2CC(C(C)(C)C)CN2C)CCNCC1. The molecule has 0 radical (unpaired) electrons. The van der Waals surface area contributed by atoms with E-state index in [1.165, 1.54) is 51.7 Å². The van der Waals surface area contributed by atoms with Crippen molar-refractivity contribution in [2.24, 2.45) is 22.7 Å². The number of hydrogen-bond acceptors (Lipinski definition) is 2. The van der Waals surface area contributed by atoms with Gasteiger partial charge in [-0.05, 0) is 68.5 Å². The van der Waals surface area contributed by atoms with Crippen LogP contribution in [0.15, 0.2) is 0 Å². The predicted octanol–water partition coefficient (Wildman–Crippen LogP) is 4.16. The largest absolute Gasteiger partial charge is 0.317 e. The number of nitrogens with zero attached hydrogens (tertiary/aromatic N) is 1. The Morgan fingerprint density at radius 2 is 1.86 bits per heavy atom. The van der Waals surface area contributed by atoms with Crippen LogP contribution >= 0.6 is 0 Å². The topological polar surface area (TPSA) is 15.3 Å². The number of piperidine rings is 1. The van der Waals surface area contributed by atoms with Gasteiger partial charge >= 0.3 is 0 Å². The van der Waals surface area contributed by atoms with Gasteiger partial charge in [-0.15, -0.1) is 0 Å². The van der Waals surface area contributed by atoms with E-state index in [1.807, 2.05) is 0 Å². The lowest BCUT2D eigenvalue weighted by Gasteiger charge is -2.43. The molecule has 2 saturated heterocycles. The van der Waals surface area contributed by atoms with Gasteiger partial charge in [0, 0.05) is 12.6 Å². The van der Waals surface area contributed by atoms with Crippen molar-refractivity contribution in [1.82, 2.24) is 10.2 Å². The Bertz CT molecular complexity index is 325. The van der Waals surface area contributed by atoms with Crippen LogP contribution < -0.4 is 5.32 Å². The summed E-state index contributed by atoms with van der Waals surface area (Å²) in [5.41, 5.74) is 1.06. The molecule has 0 aliphatic carbocycles. The molecule has 0 aromatic rings. The summed E-state index contributed by atoms with van der Waals surface area (Å²) in [7, 11) is 2.35. The normalized spacial score (nSPS) is 32.3. The molecule has 124 valence electrons. The Labute approximate surface area is 133 Å². The summed E-state index contributed by atoms with van der Waals surface area (Å²) in [6, 6.07) is 0.808. The quantitative estimate of drug-likeness (QED) is 0.837. The molecule has 3 atom stereocenters. The molecule has 1 N–H and O–H groups in total. The third-order valence-corrected chi connectivity index (χ3v) is 6.89. The predicted molar refractivity (Wildman–Crippen MR) is 92.6 cm³/mol. The standard InChI is InChI=1S/C19H38N2/c1-7-19(8-10-20-11-9-19)15(2)12-17-13-16(14-21(17)6)18(3,4)5/h15-17,20H,7-14H2,1-6H3. The van der Waals surface area contributed by atoms with Gasteiger partial charge in [0.1, 0.15) is 0 Å². The third-order valence-electron chi connectivity index (χ3n) is 6.89. The van der Waals surface area contributed by atoms with Crippen molar-refractivity contribution in [3.05, 3.63) is 0 Å². The first-order valence-electron chi connectivity index (χ1n) is 9.19. The highest BCUT2D eigenvalue weighted by molar-refractivity contribution is 4.94. The van der Waals surface area contributed by atoms with Crippen LogP contribution in [0.4, 0.5) is 0 Å². The van der Waals surface area contributed by atoms with E-state index in [2.05, 4.69) is 51.9 Å². The van der Waals surface area contributed by atoms with E-state index in [0.29, 0.717) is 10.8 Å². The molecule has 0 bridgehead atoms. The van der Waals surface area contributed by atoms with Crippen LogP contribution in [0.5, 0.6) is 0 Å². The maximum absolute atomic E-state index is 3.55. The highest BCUT2D eigenvalue weighted by atomic mass is 15.2. The molecule has 2 aliphatic rings. The van der Waals surface area contributed by atoms with Crippen molar-refractivity contribution in [1.29, 1.82) is 0 Å². The second kappa shape index (κ2) is 6.58. The maximum atomic E-state index is 3.55. The number of rotatable bonds is 4. The Hall–Kier alpha value is -0.0800. The van der Waals surface area contributed by atoms with E-state index in [4.69, 9.17) is 0 Å². The van der Waals surface area contributed by atoms with Crippen molar-refractivity contribution in [3.8, 4) is 0 Å². The lowest BCUT2D eigenvalue weighted by atomic mass is 9.66. The summed E-state index contributed by atoms with van der Waals surface area (Å²) in [5.74, 6) is 1.72. The van der Waals surface area contributed by atoms with Crippen molar-refractivity contribution in [3.63, 3.8) is 0 Å². The first-order chi connectivity index (χ1) is 9.78. The van der Waals surface area contributed by atoms with Crippen LogP contribution in [-0.2, 0) is 0 Å². The first kappa shape index (κ1) is 17.3. The smallest absolute Gasteiger partial charge is 0.00983 e. The fraction of sp³-hybridized carbons (Fsp3) is 1.00. The minimum atomic E-state index is 0.462. The lowest BCUT2D eigenvalue weighted by molar-refractivity contribution is 0.0853. The zero-order valence-corrected chi connectivity index (χ0v) is 15.3. The summed E-state index contributed by atoms with van der Waals surface area (Å²) in [5, 5.41) is 3.55. The van der Waals surface area contributed by atoms with Crippen LogP contribution in [0, 0.1) is 22.7 Å². The molecule has 21 heavy (non-hydrogen) atoms. The van der Waals surface area contributed by atoms with Crippen LogP contribution in [0.3, 0.4) is 0 Å². The van der Waals surface area contributed by atoms with Gasteiger partial charge in [-0.3, -0.25) is 0 Å². The number of likely N-dealkylation sites (tertiary alicyclic amines) is 1. The van der Waals surface area contributed by atoms with Crippen molar-refractivity contribution in [2.75, 3.05) is 26.7 Å². The van der Waals surface area contributed by atoms with E-state index in [-0.39, 0.29) is 0 Å². The first-order valence-corrected chi connectivity index (χ1v) is 9.19. The Morgan fingerprint density at radius 3 is 2.33 bits per heavy atom. The van der Waals surface area contributed by atoms with Crippen molar-refractivity contribution >= 4 is 0 Å². The zero-order chi connectivity index (χ0) is 15.7. The second-order valence-electron chi connectivity index (χ2n) is 8.99. The fourth-order valence-electron chi connectivity index (χ4n) is 4.76. The molecule has 0 amide bonds. The Kier molecular flexibility index (Phi) is 5.41. The summed E-state index contributed by atoms with van der Waals surface area (Å²) in [4.78, 5) is 2.65. The van der Waals surface area contributed by atoms with Gasteiger partial charge in [-0.1, -0.05) is 41.0 Å². The minimum Gasteiger partial charge on any atom is -0.317 e. The van der Waals surface area contributed by atoms with Gasteiger partial charge in [0.15, 0.2) is 0 Å². The summed E-state index contributed by atoms with van der Waals surface area (Å²) in [6.07, 6.45) is 6.92. The van der Waals surface area contributed by atoms with E-state index in [9.17, 15) is 0 Å². The highest BCUT2D eigenvalue weighted by Gasteiger charge is 2.41. The van der Waals surface area contributed by atoms with Gasteiger partial charge in [0.05, 0.1) is 0 Å². The molecule has 2 fully saturated rings. The van der Waals surface area contributed by atoms with Crippen LogP contribution in [-0.4, -0.2) is 37.6 Å². The van der Waals surface area contributed by atoms with Gasteiger partial charge in [-0.25, -0.2) is 0 Å². The average molecular weight is 295 g/mol. The molecule has 2 nitrogen and oxygen atoms in total. The lowest BCUT2D eigenvalue weighted by Crippen LogP contribution is -2.42. The van der Waals surface area contributed by atoms with Gasteiger partial charge in [0.2, 0.25) is 0 Å². The van der Waals surface area contributed by atoms with Crippen LogP contribution in [0.1, 0.15) is 66.7 Å². The second-order valence-corrected chi connectivity index (χ2v) is 8.99. The molecule has 2 aliphatic heterocycles.